The molecule has 2 aromatic rings. The smallest absolute Gasteiger partial charge is 0.274 e. The summed E-state index contributed by atoms with van der Waals surface area (Å²) in [6.07, 6.45) is 3.34. The standard InChI is InChI=1S/C12H11N3O2/c16-15(17)12-4-2-1-3-10(12)9-14-11-5-7-13-8-6-11/h1-8H,9H2,(H,13,14). The third-order valence-electron chi connectivity index (χ3n) is 2.35. The molecule has 0 aliphatic carbocycles. The Bertz CT molecular complexity index is 514. The summed E-state index contributed by atoms with van der Waals surface area (Å²) in [6, 6.07) is 10.3. The molecule has 0 aliphatic heterocycles. The maximum absolute atomic E-state index is 10.8. The monoisotopic (exact) mass is 229 g/mol. The van der Waals surface area contributed by atoms with E-state index in [1.54, 1.807) is 30.6 Å². The summed E-state index contributed by atoms with van der Waals surface area (Å²) in [4.78, 5) is 14.3. The summed E-state index contributed by atoms with van der Waals surface area (Å²) < 4.78 is 0. The summed E-state index contributed by atoms with van der Waals surface area (Å²) in [5.74, 6) is 0. The van der Waals surface area contributed by atoms with Gasteiger partial charge in [-0.05, 0) is 12.1 Å². The van der Waals surface area contributed by atoms with Crippen molar-refractivity contribution in [2.45, 2.75) is 6.54 Å². The van der Waals surface area contributed by atoms with E-state index in [2.05, 4.69) is 10.3 Å². The van der Waals surface area contributed by atoms with Crippen LogP contribution < -0.4 is 5.32 Å². The third kappa shape index (κ3) is 2.78. The van der Waals surface area contributed by atoms with Gasteiger partial charge in [0.1, 0.15) is 0 Å². The van der Waals surface area contributed by atoms with E-state index >= 15 is 0 Å². The lowest BCUT2D eigenvalue weighted by atomic mass is 10.2. The van der Waals surface area contributed by atoms with Gasteiger partial charge in [0.25, 0.3) is 5.69 Å². The van der Waals surface area contributed by atoms with Crippen molar-refractivity contribution < 1.29 is 4.92 Å². The number of nitro groups is 1. The summed E-state index contributed by atoms with van der Waals surface area (Å²) >= 11 is 0. The van der Waals surface area contributed by atoms with Gasteiger partial charge in [0.2, 0.25) is 0 Å². The van der Waals surface area contributed by atoms with E-state index in [9.17, 15) is 10.1 Å². The van der Waals surface area contributed by atoms with Crippen molar-refractivity contribution in [2.24, 2.45) is 0 Å². The zero-order valence-corrected chi connectivity index (χ0v) is 9.04. The number of benzene rings is 1. The van der Waals surface area contributed by atoms with Crippen LogP contribution in [-0.2, 0) is 6.54 Å². The summed E-state index contributed by atoms with van der Waals surface area (Å²) in [7, 11) is 0. The number of nitrogens with zero attached hydrogens (tertiary/aromatic N) is 2. The molecule has 1 heterocycles. The highest BCUT2D eigenvalue weighted by molar-refractivity contribution is 5.46. The quantitative estimate of drug-likeness (QED) is 0.646. The van der Waals surface area contributed by atoms with Crippen molar-refractivity contribution in [1.82, 2.24) is 4.98 Å². The number of para-hydroxylation sites is 1. The van der Waals surface area contributed by atoms with Crippen LogP contribution in [0.1, 0.15) is 5.56 Å². The molecule has 0 saturated carbocycles. The summed E-state index contributed by atoms with van der Waals surface area (Å²) in [5, 5.41) is 13.9. The molecule has 1 aromatic heterocycles. The van der Waals surface area contributed by atoms with Crippen LogP contribution in [-0.4, -0.2) is 9.91 Å². The highest BCUT2D eigenvalue weighted by Gasteiger charge is 2.11. The molecule has 0 radical (unpaired) electrons. The minimum absolute atomic E-state index is 0.133. The molecular weight excluding hydrogens is 218 g/mol. The normalized spacial score (nSPS) is 9.88. The van der Waals surface area contributed by atoms with Gasteiger partial charge in [0.15, 0.2) is 0 Å². The van der Waals surface area contributed by atoms with E-state index < -0.39 is 0 Å². The van der Waals surface area contributed by atoms with Gasteiger partial charge >= 0.3 is 0 Å². The lowest BCUT2D eigenvalue weighted by Crippen LogP contribution is -2.02. The van der Waals surface area contributed by atoms with Gasteiger partial charge in [-0.3, -0.25) is 15.1 Å². The van der Waals surface area contributed by atoms with E-state index in [1.807, 2.05) is 12.1 Å². The van der Waals surface area contributed by atoms with E-state index in [4.69, 9.17) is 0 Å². The Kier molecular flexibility index (Phi) is 3.30. The van der Waals surface area contributed by atoms with Crippen molar-refractivity contribution in [2.75, 3.05) is 5.32 Å². The molecule has 0 spiro atoms. The molecule has 17 heavy (non-hydrogen) atoms. The summed E-state index contributed by atoms with van der Waals surface area (Å²) in [5.41, 5.74) is 1.68. The number of hydrogen-bond acceptors (Lipinski definition) is 4. The van der Waals surface area contributed by atoms with Gasteiger partial charge in [0.05, 0.1) is 4.92 Å². The Morgan fingerprint density at radius 1 is 1.18 bits per heavy atom. The number of aromatic nitrogens is 1. The van der Waals surface area contributed by atoms with Crippen molar-refractivity contribution in [3.8, 4) is 0 Å². The minimum Gasteiger partial charge on any atom is -0.381 e. The van der Waals surface area contributed by atoms with Crippen LogP contribution in [0.5, 0.6) is 0 Å². The largest absolute Gasteiger partial charge is 0.381 e. The molecule has 2 rings (SSSR count). The molecule has 0 unspecified atom stereocenters. The number of hydrogen-bond donors (Lipinski definition) is 1. The van der Waals surface area contributed by atoms with E-state index in [1.165, 1.54) is 6.07 Å². The predicted molar refractivity (Wildman–Crippen MR) is 64.7 cm³/mol. The highest BCUT2D eigenvalue weighted by atomic mass is 16.6. The van der Waals surface area contributed by atoms with Crippen molar-refractivity contribution in [3.05, 3.63) is 64.5 Å². The molecular formula is C12H11N3O2. The molecule has 5 heteroatoms. The van der Waals surface area contributed by atoms with Gasteiger partial charge in [-0.2, -0.15) is 0 Å². The average Bonchev–Trinajstić information content (AvgIpc) is 2.38. The predicted octanol–water partition coefficient (Wildman–Crippen LogP) is 2.60. The van der Waals surface area contributed by atoms with Crippen LogP contribution in [0.15, 0.2) is 48.8 Å². The van der Waals surface area contributed by atoms with Crippen LogP contribution in [0.3, 0.4) is 0 Å². The lowest BCUT2D eigenvalue weighted by molar-refractivity contribution is -0.385. The maximum atomic E-state index is 10.8. The Balaban J connectivity index is 2.12. The number of nitrogens with one attached hydrogen (secondary N) is 1. The second-order valence-electron chi connectivity index (χ2n) is 3.48. The van der Waals surface area contributed by atoms with Crippen molar-refractivity contribution in [1.29, 1.82) is 0 Å². The maximum Gasteiger partial charge on any atom is 0.274 e. The zero-order valence-electron chi connectivity index (χ0n) is 9.04. The first kappa shape index (κ1) is 11.1. The molecule has 0 amide bonds. The van der Waals surface area contributed by atoms with Crippen LogP contribution in [0, 0.1) is 10.1 Å². The second kappa shape index (κ2) is 5.07. The fraction of sp³-hybridized carbons (Fsp3) is 0.0833. The Labute approximate surface area is 98.3 Å². The van der Waals surface area contributed by atoms with E-state index in [-0.39, 0.29) is 10.6 Å². The van der Waals surface area contributed by atoms with Crippen LogP contribution in [0.4, 0.5) is 11.4 Å². The van der Waals surface area contributed by atoms with Crippen molar-refractivity contribution in [3.63, 3.8) is 0 Å². The van der Waals surface area contributed by atoms with Crippen molar-refractivity contribution >= 4 is 11.4 Å². The lowest BCUT2D eigenvalue weighted by Gasteiger charge is -2.06. The second-order valence-corrected chi connectivity index (χ2v) is 3.48. The molecule has 0 bridgehead atoms. The molecule has 1 N–H and O–H groups in total. The fourth-order valence-electron chi connectivity index (χ4n) is 1.51. The van der Waals surface area contributed by atoms with E-state index in [0.29, 0.717) is 12.1 Å². The third-order valence-corrected chi connectivity index (χ3v) is 2.35. The topological polar surface area (TPSA) is 68.1 Å². The molecule has 5 nitrogen and oxygen atoms in total. The minimum atomic E-state index is -0.371. The first-order valence-electron chi connectivity index (χ1n) is 5.13. The molecule has 0 atom stereocenters. The fourth-order valence-corrected chi connectivity index (χ4v) is 1.51. The number of anilines is 1. The Hall–Kier alpha value is -2.43. The van der Waals surface area contributed by atoms with E-state index in [0.717, 1.165) is 5.69 Å². The van der Waals surface area contributed by atoms with Gasteiger partial charge < -0.3 is 5.32 Å². The molecule has 0 saturated heterocycles. The molecule has 1 aromatic carbocycles. The number of pyridine rings is 1. The SMILES string of the molecule is O=[N+]([O-])c1ccccc1CNc1ccncc1. The highest BCUT2D eigenvalue weighted by Crippen LogP contribution is 2.18. The molecule has 0 aliphatic rings. The van der Waals surface area contributed by atoms with Crippen LogP contribution >= 0.6 is 0 Å². The average molecular weight is 229 g/mol. The van der Waals surface area contributed by atoms with Gasteiger partial charge in [-0.15, -0.1) is 0 Å². The molecule has 0 fully saturated rings. The Morgan fingerprint density at radius 2 is 1.88 bits per heavy atom. The van der Waals surface area contributed by atoms with Crippen LogP contribution in [0.2, 0.25) is 0 Å². The zero-order chi connectivity index (χ0) is 12.1. The van der Waals surface area contributed by atoms with Gasteiger partial charge in [-0.1, -0.05) is 18.2 Å². The first-order valence-corrected chi connectivity index (χ1v) is 5.13. The summed E-state index contributed by atoms with van der Waals surface area (Å²) in [6.45, 7) is 0.418. The van der Waals surface area contributed by atoms with Crippen LogP contribution in [0.25, 0.3) is 0 Å². The molecule has 86 valence electrons. The number of nitro benzene ring substituents is 1. The van der Waals surface area contributed by atoms with Gasteiger partial charge in [0, 0.05) is 36.3 Å². The number of rotatable bonds is 4. The Morgan fingerprint density at radius 3 is 2.59 bits per heavy atom. The van der Waals surface area contributed by atoms with Gasteiger partial charge in [-0.25, -0.2) is 0 Å². The first-order chi connectivity index (χ1) is 8.27.